The van der Waals surface area contributed by atoms with E-state index in [1.807, 2.05) is 6.92 Å². The standard InChI is InChI=1S/C16H20N4O3S/c1-16(6-2-3-8-23-16)15-18-9-13(10-19-15)11-20-24(21,22)14-5-4-7-17-12-14/h4-5,7,9-10,12,20H,2-3,6,8,11H2,1H3/t16-/m0/s1. The van der Waals surface area contributed by atoms with E-state index in [2.05, 4.69) is 19.7 Å². The van der Waals surface area contributed by atoms with Gasteiger partial charge in [-0.15, -0.1) is 0 Å². The Morgan fingerprint density at radius 1 is 1.25 bits per heavy atom. The topological polar surface area (TPSA) is 94.1 Å². The third-order valence-corrected chi connectivity index (χ3v) is 5.44. The summed E-state index contributed by atoms with van der Waals surface area (Å²) in [6.07, 6.45) is 9.15. The van der Waals surface area contributed by atoms with Crippen molar-refractivity contribution >= 4 is 10.0 Å². The van der Waals surface area contributed by atoms with Crippen LogP contribution in [0, 0.1) is 0 Å². The Morgan fingerprint density at radius 2 is 2.04 bits per heavy atom. The molecule has 1 atom stereocenters. The predicted molar refractivity (Wildman–Crippen MR) is 87.4 cm³/mol. The van der Waals surface area contributed by atoms with E-state index in [1.165, 1.54) is 18.5 Å². The summed E-state index contributed by atoms with van der Waals surface area (Å²) in [7, 11) is -3.59. The largest absolute Gasteiger partial charge is 0.367 e. The van der Waals surface area contributed by atoms with Crippen LogP contribution < -0.4 is 4.72 Å². The van der Waals surface area contributed by atoms with E-state index in [-0.39, 0.29) is 11.4 Å². The zero-order valence-corrected chi connectivity index (χ0v) is 14.3. The van der Waals surface area contributed by atoms with Gasteiger partial charge in [-0.3, -0.25) is 4.98 Å². The SMILES string of the molecule is C[C@@]1(c2ncc(CNS(=O)(=O)c3cccnc3)cn2)CCCCO1. The van der Waals surface area contributed by atoms with Crippen LogP contribution in [-0.4, -0.2) is 30.0 Å². The van der Waals surface area contributed by atoms with Gasteiger partial charge in [0, 0.05) is 43.5 Å². The highest BCUT2D eigenvalue weighted by atomic mass is 32.2. The number of pyridine rings is 1. The van der Waals surface area contributed by atoms with Crippen molar-refractivity contribution < 1.29 is 13.2 Å². The van der Waals surface area contributed by atoms with E-state index in [0.29, 0.717) is 18.0 Å². The molecule has 2 aromatic rings. The Labute approximate surface area is 141 Å². The third-order valence-electron chi connectivity index (χ3n) is 4.06. The molecule has 8 heteroatoms. The molecule has 1 fully saturated rings. The fraction of sp³-hybridized carbons (Fsp3) is 0.438. The van der Waals surface area contributed by atoms with E-state index in [4.69, 9.17) is 4.74 Å². The van der Waals surface area contributed by atoms with Crippen LogP contribution in [-0.2, 0) is 26.9 Å². The maximum atomic E-state index is 12.2. The van der Waals surface area contributed by atoms with E-state index in [1.54, 1.807) is 18.5 Å². The summed E-state index contributed by atoms with van der Waals surface area (Å²) in [6, 6.07) is 3.08. The minimum absolute atomic E-state index is 0.120. The number of ether oxygens (including phenoxy) is 1. The number of nitrogens with zero attached hydrogens (tertiary/aromatic N) is 3. The monoisotopic (exact) mass is 348 g/mol. The third kappa shape index (κ3) is 3.77. The molecule has 3 rings (SSSR count). The molecule has 128 valence electrons. The van der Waals surface area contributed by atoms with Gasteiger partial charge in [0.2, 0.25) is 10.0 Å². The number of hydrogen-bond donors (Lipinski definition) is 1. The highest BCUT2D eigenvalue weighted by molar-refractivity contribution is 7.89. The lowest BCUT2D eigenvalue weighted by atomic mass is 9.95. The van der Waals surface area contributed by atoms with Crippen molar-refractivity contribution in [1.82, 2.24) is 19.7 Å². The Morgan fingerprint density at radius 3 is 2.67 bits per heavy atom. The second-order valence-electron chi connectivity index (χ2n) is 5.96. The summed E-state index contributed by atoms with van der Waals surface area (Å²) in [5, 5.41) is 0. The van der Waals surface area contributed by atoms with Gasteiger partial charge < -0.3 is 4.74 Å². The Hall–Kier alpha value is -1.90. The molecular weight excluding hydrogens is 328 g/mol. The van der Waals surface area contributed by atoms with Crippen LogP contribution in [0.15, 0.2) is 41.8 Å². The molecular formula is C16H20N4O3S. The first-order chi connectivity index (χ1) is 11.5. The highest BCUT2D eigenvalue weighted by Gasteiger charge is 2.32. The normalized spacial score (nSPS) is 21.5. The summed E-state index contributed by atoms with van der Waals surface area (Å²) >= 11 is 0. The summed E-state index contributed by atoms with van der Waals surface area (Å²) in [5.74, 6) is 0.640. The lowest BCUT2D eigenvalue weighted by molar-refractivity contribution is -0.0760. The predicted octanol–water partition coefficient (Wildman–Crippen LogP) is 1.77. The number of nitrogens with one attached hydrogen (secondary N) is 1. The molecule has 24 heavy (non-hydrogen) atoms. The molecule has 0 aromatic carbocycles. The van der Waals surface area contributed by atoms with Gasteiger partial charge in [-0.1, -0.05) is 0 Å². The van der Waals surface area contributed by atoms with Crippen LogP contribution in [0.5, 0.6) is 0 Å². The van der Waals surface area contributed by atoms with Gasteiger partial charge in [0.25, 0.3) is 0 Å². The van der Waals surface area contributed by atoms with Crippen molar-refractivity contribution in [2.24, 2.45) is 0 Å². The Balaban J connectivity index is 1.66. The minimum atomic E-state index is -3.59. The Kier molecular flexibility index (Phi) is 4.88. The number of hydrogen-bond acceptors (Lipinski definition) is 6. The van der Waals surface area contributed by atoms with Crippen molar-refractivity contribution in [3.63, 3.8) is 0 Å². The van der Waals surface area contributed by atoms with Gasteiger partial charge in [-0.2, -0.15) is 0 Å². The molecule has 0 unspecified atom stereocenters. The fourth-order valence-corrected chi connectivity index (χ4v) is 3.58. The molecule has 0 aliphatic carbocycles. The highest BCUT2D eigenvalue weighted by Crippen LogP contribution is 2.32. The molecule has 3 heterocycles. The zero-order chi connectivity index (χ0) is 17.0. The maximum Gasteiger partial charge on any atom is 0.242 e. The van der Waals surface area contributed by atoms with Crippen LogP contribution >= 0.6 is 0 Å². The molecule has 0 spiro atoms. The summed E-state index contributed by atoms with van der Waals surface area (Å²) < 4.78 is 32.7. The van der Waals surface area contributed by atoms with Crippen LogP contribution in [0.3, 0.4) is 0 Å². The van der Waals surface area contributed by atoms with Gasteiger partial charge >= 0.3 is 0 Å². The second-order valence-corrected chi connectivity index (χ2v) is 7.73. The van der Waals surface area contributed by atoms with Crippen molar-refractivity contribution in [2.75, 3.05) is 6.61 Å². The summed E-state index contributed by atoms with van der Waals surface area (Å²) in [5.41, 5.74) is 0.233. The zero-order valence-electron chi connectivity index (χ0n) is 13.5. The first-order valence-corrected chi connectivity index (χ1v) is 9.33. The molecule has 0 amide bonds. The first kappa shape index (κ1) is 16.9. The van der Waals surface area contributed by atoms with E-state index >= 15 is 0 Å². The smallest absolute Gasteiger partial charge is 0.242 e. The van der Waals surface area contributed by atoms with E-state index in [9.17, 15) is 8.42 Å². The number of aromatic nitrogens is 3. The molecule has 1 aliphatic rings. The summed E-state index contributed by atoms with van der Waals surface area (Å²) in [6.45, 7) is 2.83. The van der Waals surface area contributed by atoms with Gasteiger partial charge in [-0.05, 0) is 38.3 Å². The minimum Gasteiger partial charge on any atom is -0.367 e. The van der Waals surface area contributed by atoms with Crippen molar-refractivity contribution in [3.05, 3.63) is 48.3 Å². The van der Waals surface area contributed by atoms with Crippen LogP contribution in [0.4, 0.5) is 0 Å². The molecule has 0 bridgehead atoms. The second kappa shape index (κ2) is 6.92. The van der Waals surface area contributed by atoms with Crippen LogP contribution in [0.25, 0.3) is 0 Å². The fourth-order valence-electron chi connectivity index (χ4n) is 2.60. The molecule has 2 aromatic heterocycles. The van der Waals surface area contributed by atoms with Crippen LogP contribution in [0.2, 0.25) is 0 Å². The van der Waals surface area contributed by atoms with Crippen molar-refractivity contribution in [1.29, 1.82) is 0 Å². The lowest BCUT2D eigenvalue weighted by Gasteiger charge is -2.32. The van der Waals surface area contributed by atoms with Gasteiger partial charge in [0.1, 0.15) is 10.5 Å². The van der Waals surface area contributed by atoms with Gasteiger partial charge in [0.05, 0.1) is 0 Å². The molecule has 0 radical (unpaired) electrons. The average molecular weight is 348 g/mol. The van der Waals surface area contributed by atoms with Gasteiger partial charge in [0.15, 0.2) is 5.82 Å². The summed E-state index contributed by atoms with van der Waals surface area (Å²) in [4.78, 5) is 12.7. The molecule has 7 nitrogen and oxygen atoms in total. The molecule has 0 saturated carbocycles. The van der Waals surface area contributed by atoms with Gasteiger partial charge in [-0.25, -0.2) is 23.1 Å². The maximum absolute atomic E-state index is 12.2. The first-order valence-electron chi connectivity index (χ1n) is 7.85. The van der Waals surface area contributed by atoms with Crippen molar-refractivity contribution in [2.45, 2.75) is 43.2 Å². The number of rotatable bonds is 5. The lowest BCUT2D eigenvalue weighted by Crippen LogP contribution is -2.32. The van der Waals surface area contributed by atoms with E-state index < -0.39 is 15.6 Å². The van der Waals surface area contributed by atoms with E-state index in [0.717, 1.165) is 19.3 Å². The average Bonchev–Trinajstić information content (AvgIpc) is 2.62. The Bertz CT molecular complexity index is 773. The van der Waals surface area contributed by atoms with Crippen LogP contribution in [0.1, 0.15) is 37.6 Å². The quantitative estimate of drug-likeness (QED) is 0.885. The molecule has 1 saturated heterocycles. The molecule has 1 aliphatic heterocycles. The van der Waals surface area contributed by atoms with Crippen molar-refractivity contribution in [3.8, 4) is 0 Å². The molecule has 1 N–H and O–H groups in total. The number of sulfonamides is 1.